The normalized spacial score (nSPS) is 23.5. The average Bonchev–Trinajstić information content (AvgIpc) is 3.23. The van der Waals surface area contributed by atoms with Gasteiger partial charge in [-0.05, 0) is 61.1 Å². The summed E-state index contributed by atoms with van der Waals surface area (Å²) in [4.78, 5) is 57.2. The maximum Gasteiger partial charge on any atom is 0.268 e. The number of halogens is 1. The van der Waals surface area contributed by atoms with Crippen molar-refractivity contribution in [1.29, 1.82) is 0 Å². The number of hydrogen-bond donors (Lipinski definition) is 3. The Balaban J connectivity index is 1.56. The molecule has 200 valence electrons. The number of likely N-dealkylation sites (tertiary alicyclic amines) is 1. The van der Waals surface area contributed by atoms with Crippen molar-refractivity contribution in [2.24, 2.45) is 23.2 Å². The monoisotopic (exact) mass is 528 g/mol. The molecule has 2 aliphatic rings. The number of hydrogen-bond acceptors (Lipinski definition) is 4. The lowest BCUT2D eigenvalue weighted by atomic mass is 9.97. The second-order valence-electron chi connectivity index (χ2n) is 11.6. The summed E-state index contributed by atoms with van der Waals surface area (Å²) in [5.41, 5.74) is 2.23. The van der Waals surface area contributed by atoms with Gasteiger partial charge < -0.3 is 20.5 Å². The van der Waals surface area contributed by atoms with Crippen LogP contribution in [0.3, 0.4) is 0 Å². The van der Waals surface area contributed by atoms with Gasteiger partial charge in [0.15, 0.2) is 5.78 Å². The number of piperidine rings is 1. The minimum atomic E-state index is -0.780. The lowest BCUT2D eigenvalue weighted by Crippen LogP contribution is -2.57. The van der Waals surface area contributed by atoms with Crippen LogP contribution in [-0.4, -0.2) is 63.9 Å². The van der Waals surface area contributed by atoms with Gasteiger partial charge in [-0.25, -0.2) is 0 Å². The molecule has 1 aliphatic heterocycles. The number of nitrogens with zero attached hydrogens (tertiary/aromatic N) is 1. The number of aromatic amines is 1. The molecule has 0 bridgehead atoms. The second-order valence-corrected chi connectivity index (χ2v) is 11.9. The van der Waals surface area contributed by atoms with Crippen molar-refractivity contribution >= 4 is 46.0 Å². The molecule has 2 heterocycles. The van der Waals surface area contributed by atoms with Gasteiger partial charge in [-0.3, -0.25) is 19.2 Å². The third-order valence-electron chi connectivity index (χ3n) is 8.17. The van der Waals surface area contributed by atoms with Crippen molar-refractivity contribution in [2.45, 2.75) is 66.1 Å². The SMILES string of the molecule is Cc1cccc2[nH]c(C(=O)N[C@@H](CC(C)C)C(=O)N3C[C@H]4[C@@H]([C@H]3C(=O)NC(C)C(=O)CCl)C4(C)C)cc12. The predicted octanol–water partition coefficient (Wildman–Crippen LogP) is 3.42. The molecule has 9 heteroatoms. The molecule has 1 aromatic carbocycles. The minimum absolute atomic E-state index is 0.00170. The third-order valence-corrected chi connectivity index (χ3v) is 8.43. The fourth-order valence-corrected chi connectivity index (χ4v) is 6.10. The summed E-state index contributed by atoms with van der Waals surface area (Å²) in [6.07, 6.45) is 0.439. The Bertz CT molecular complexity index is 1240. The van der Waals surface area contributed by atoms with Crippen molar-refractivity contribution in [3.63, 3.8) is 0 Å². The smallest absolute Gasteiger partial charge is 0.268 e. The molecular weight excluding hydrogens is 492 g/mol. The molecule has 3 N–H and O–H groups in total. The molecule has 1 aromatic heterocycles. The molecule has 5 atom stereocenters. The van der Waals surface area contributed by atoms with Crippen LogP contribution >= 0.6 is 11.6 Å². The number of aromatic nitrogens is 1. The summed E-state index contributed by atoms with van der Waals surface area (Å²) >= 11 is 5.67. The molecule has 0 spiro atoms. The van der Waals surface area contributed by atoms with Crippen molar-refractivity contribution in [3.05, 3.63) is 35.5 Å². The third kappa shape index (κ3) is 5.13. The summed E-state index contributed by atoms with van der Waals surface area (Å²) < 4.78 is 0. The number of H-pyrrole nitrogens is 1. The van der Waals surface area contributed by atoms with Gasteiger partial charge in [0.25, 0.3) is 5.91 Å². The summed E-state index contributed by atoms with van der Waals surface area (Å²) in [5.74, 6) is -1.12. The summed E-state index contributed by atoms with van der Waals surface area (Å²) in [7, 11) is 0. The summed E-state index contributed by atoms with van der Waals surface area (Å²) in [5, 5.41) is 6.65. The Kier molecular flexibility index (Phi) is 7.43. The molecule has 1 saturated carbocycles. The molecule has 4 rings (SSSR count). The van der Waals surface area contributed by atoms with Gasteiger partial charge in [-0.1, -0.05) is 39.8 Å². The number of benzene rings is 1. The van der Waals surface area contributed by atoms with E-state index in [1.807, 2.05) is 39.0 Å². The zero-order chi connectivity index (χ0) is 27.2. The number of carbonyl (C=O) groups excluding carboxylic acids is 4. The Labute approximate surface area is 222 Å². The van der Waals surface area contributed by atoms with Crippen LogP contribution in [0.5, 0.6) is 0 Å². The van der Waals surface area contributed by atoms with E-state index in [1.54, 1.807) is 17.9 Å². The lowest BCUT2D eigenvalue weighted by molar-refractivity contribution is -0.142. The van der Waals surface area contributed by atoms with Gasteiger partial charge in [0.1, 0.15) is 17.8 Å². The van der Waals surface area contributed by atoms with Crippen LogP contribution in [0.2, 0.25) is 0 Å². The van der Waals surface area contributed by atoms with E-state index in [9.17, 15) is 19.2 Å². The van der Waals surface area contributed by atoms with Crippen molar-refractivity contribution in [1.82, 2.24) is 20.5 Å². The fourth-order valence-electron chi connectivity index (χ4n) is 5.87. The quantitative estimate of drug-likeness (QED) is 0.433. The van der Waals surface area contributed by atoms with Gasteiger partial charge >= 0.3 is 0 Å². The van der Waals surface area contributed by atoms with E-state index in [0.29, 0.717) is 18.7 Å². The molecule has 1 aliphatic carbocycles. The number of aryl methyl sites for hydroxylation is 1. The molecule has 1 saturated heterocycles. The van der Waals surface area contributed by atoms with Gasteiger partial charge in [-0.2, -0.15) is 0 Å². The zero-order valence-corrected chi connectivity index (χ0v) is 23.1. The molecular formula is C28H37ClN4O4. The maximum absolute atomic E-state index is 13.9. The standard InChI is InChI=1S/C28H37ClN4O4/c1-14(2)10-21(32-25(35)20-11-17-15(3)8-7-9-19(17)31-20)27(37)33-13-18-23(28(18,5)6)24(33)26(36)30-16(4)22(34)12-29/h7-9,11,14,16,18,21,23-24,31H,10,12-13H2,1-6H3,(H,30,36)(H,32,35)/t16?,18-,21-,23-,24-/m0/s1. The highest BCUT2D eigenvalue weighted by atomic mass is 35.5. The van der Waals surface area contributed by atoms with E-state index in [1.165, 1.54) is 0 Å². The van der Waals surface area contributed by atoms with Gasteiger partial charge in [0.2, 0.25) is 11.8 Å². The number of nitrogens with one attached hydrogen (secondary N) is 3. The summed E-state index contributed by atoms with van der Waals surface area (Å²) in [6, 6.07) is 5.41. The summed E-state index contributed by atoms with van der Waals surface area (Å²) in [6.45, 7) is 12.2. The van der Waals surface area contributed by atoms with Crippen LogP contribution in [0.25, 0.3) is 10.9 Å². The van der Waals surface area contributed by atoms with Crippen molar-refractivity contribution in [2.75, 3.05) is 12.4 Å². The number of Topliss-reactive ketones (excluding diaryl/α,β-unsaturated/α-hetero) is 1. The minimum Gasteiger partial charge on any atom is -0.351 e. The number of rotatable bonds is 9. The van der Waals surface area contributed by atoms with Crippen LogP contribution in [-0.2, 0) is 14.4 Å². The highest BCUT2D eigenvalue weighted by Crippen LogP contribution is 2.64. The van der Waals surface area contributed by atoms with Crippen LogP contribution in [0.4, 0.5) is 0 Å². The molecule has 37 heavy (non-hydrogen) atoms. The molecule has 2 fully saturated rings. The number of fused-ring (bicyclic) bond motifs is 2. The number of ketones is 1. The first-order chi connectivity index (χ1) is 17.4. The number of alkyl halides is 1. The maximum atomic E-state index is 13.9. The fraction of sp³-hybridized carbons (Fsp3) is 0.571. The highest BCUT2D eigenvalue weighted by Gasteiger charge is 2.69. The first kappa shape index (κ1) is 27.2. The van der Waals surface area contributed by atoms with Crippen LogP contribution < -0.4 is 10.6 Å². The van der Waals surface area contributed by atoms with Crippen LogP contribution in [0, 0.1) is 30.1 Å². The van der Waals surface area contributed by atoms with Crippen molar-refractivity contribution < 1.29 is 19.2 Å². The lowest BCUT2D eigenvalue weighted by Gasteiger charge is -2.34. The highest BCUT2D eigenvalue weighted by molar-refractivity contribution is 6.28. The first-order valence-corrected chi connectivity index (χ1v) is 13.5. The Morgan fingerprint density at radius 2 is 1.86 bits per heavy atom. The van der Waals surface area contributed by atoms with Gasteiger partial charge in [0, 0.05) is 17.4 Å². The second kappa shape index (κ2) is 10.1. The Morgan fingerprint density at radius 3 is 2.49 bits per heavy atom. The largest absolute Gasteiger partial charge is 0.351 e. The Morgan fingerprint density at radius 1 is 1.16 bits per heavy atom. The van der Waals surface area contributed by atoms with E-state index in [-0.39, 0.29) is 52.6 Å². The molecule has 0 radical (unpaired) electrons. The number of amides is 3. The topological polar surface area (TPSA) is 111 Å². The van der Waals surface area contributed by atoms with Gasteiger partial charge in [0.05, 0.1) is 11.9 Å². The molecule has 2 aromatic rings. The van der Waals surface area contributed by atoms with E-state index in [4.69, 9.17) is 11.6 Å². The predicted molar refractivity (Wildman–Crippen MR) is 143 cm³/mol. The molecule has 8 nitrogen and oxygen atoms in total. The van der Waals surface area contributed by atoms with Gasteiger partial charge in [-0.15, -0.1) is 11.6 Å². The zero-order valence-electron chi connectivity index (χ0n) is 22.4. The van der Waals surface area contributed by atoms with E-state index < -0.39 is 18.1 Å². The molecule has 1 unspecified atom stereocenters. The average molecular weight is 529 g/mol. The molecule has 3 amide bonds. The van der Waals surface area contributed by atoms with E-state index in [0.717, 1.165) is 16.5 Å². The number of carbonyl (C=O) groups is 4. The Hall–Kier alpha value is -2.87. The van der Waals surface area contributed by atoms with E-state index >= 15 is 0 Å². The first-order valence-electron chi connectivity index (χ1n) is 13.0. The van der Waals surface area contributed by atoms with E-state index in [2.05, 4.69) is 29.5 Å². The van der Waals surface area contributed by atoms with Crippen LogP contribution in [0.15, 0.2) is 24.3 Å². The van der Waals surface area contributed by atoms with Crippen molar-refractivity contribution in [3.8, 4) is 0 Å². The van der Waals surface area contributed by atoms with Crippen LogP contribution in [0.1, 0.15) is 57.1 Å².